The van der Waals surface area contributed by atoms with Gasteiger partial charge in [-0.1, -0.05) is 12.1 Å². The molecule has 12 nitrogen and oxygen atoms in total. The third-order valence-electron chi connectivity index (χ3n) is 8.85. The van der Waals surface area contributed by atoms with Crippen LogP contribution in [0.1, 0.15) is 41.0 Å². The van der Waals surface area contributed by atoms with Gasteiger partial charge in [0, 0.05) is 53.0 Å². The summed E-state index contributed by atoms with van der Waals surface area (Å²) >= 11 is 0. The van der Waals surface area contributed by atoms with E-state index in [1.165, 1.54) is 16.8 Å². The van der Waals surface area contributed by atoms with Crippen molar-refractivity contribution in [1.82, 2.24) is 14.3 Å². The van der Waals surface area contributed by atoms with Gasteiger partial charge in [0.15, 0.2) is 12.3 Å². The van der Waals surface area contributed by atoms with Crippen LogP contribution in [0.5, 0.6) is 0 Å². The maximum atomic E-state index is 14.1. The third-order valence-corrected chi connectivity index (χ3v) is 8.85. The van der Waals surface area contributed by atoms with Crippen LogP contribution in [0.4, 0.5) is 4.39 Å². The summed E-state index contributed by atoms with van der Waals surface area (Å²) in [4.78, 5) is 23.3. The van der Waals surface area contributed by atoms with E-state index < -0.39 is 42.6 Å². The molecule has 3 aromatic carbocycles. The molecule has 2 aliphatic rings. The number of aliphatic hydroxyl groups excluding tert-OH is 3. The average molecular weight is 632 g/mol. The zero-order valence-corrected chi connectivity index (χ0v) is 24.2. The summed E-state index contributed by atoms with van der Waals surface area (Å²) in [7, 11) is 0. The molecule has 5 atom stereocenters. The Hall–Kier alpha value is -4.66. The highest BCUT2D eigenvalue weighted by Gasteiger charge is 2.48. The minimum absolute atomic E-state index is 0.0549. The minimum atomic E-state index is -1.84. The van der Waals surface area contributed by atoms with Gasteiger partial charge in [0.05, 0.1) is 16.6 Å². The van der Waals surface area contributed by atoms with E-state index in [-0.39, 0.29) is 17.3 Å². The van der Waals surface area contributed by atoms with Crippen molar-refractivity contribution in [2.24, 2.45) is 0 Å². The Kier molecular flexibility index (Phi) is 7.57. The second-order valence-electron chi connectivity index (χ2n) is 11.6. The van der Waals surface area contributed by atoms with Crippen LogP contribution in [-0.2, 0) is 14.3 Å². The maximum absolute atomic E-state index is 14.1. The fourth-order valence-corrected chi connectivity index (χ4v) is 6.57. The molecule has 46 heavy (non-hydrogen) atoms. The van der Waals surface area contributed by atoms with Crippen molar-refractivity contribution < 1.29 is 49.0 Å². The number of ether oxygens (including phenoxy) is 2. The number of carbonyl (C=O) groups is 2. The number of aliphatic carboxylic acids is 1. The number of fused-ring (bicyclic) bond motifs is 2. The van der Waals surface area contributed by atoms with Gasteiger partial charge in [0.25, 0.3) is 0 Å². The molecule has 0 bridgehead atoms. The first-order chi connectivity index (χ1) is 22.1. The van der Waals surface area contributed by atoms with E-state index in [2.05, 4.69) is 9.67 Å². The molecule has 2 aromatic heterocycles. The SMILES string of the molecule is O=C(O)c1ccc(-c2c(C3CCOCC3)n(-c3ccc(F)cc3)c3cc4cn([C@@H]5O[C@H](C(=O)O)[C@@H](O)[C@H](O)[C@H]5O)nc4cc23)cc1. The number of carboxylic acid groups (broad SMARTS) is 2. The summed E-state index contributed by atoms with van der Waals surface area (Å²) in [6.07, 6.45) is -5.49. The van der Waals surface area contributed by atoms with Crippen LogP contribution in [0.25, 0.3) is 38.6 Å². The van der Waals surface area contributed by atoms with Crippen molar-refractivity contribution in [1.29, 1.82) is 0 Å². The van der Waals surface area contributed by atoms with Crippen molar-refractivity contribution >= 4 is 33.7 Å². The van der Waals surface area contributed by atoms with E-state index in [0.717, 1.165) is 40.6 Å². The van der Waals surface area contributed by atoms with Crippen LogP contribution in [0.2, 0.25) is 0 Å². The number of nitrogens with zero attached hydrogens (tertiary/aromatic N) is 3. The van der Waals surface area contributed by atoms with Crippen molar-refractivity contribution in [3.63, 3.8) is 0 Å². The lowest BCUT2D eigenvalue weighted by Gasteiger charge is -2.38. The molecule has 7 rings (SSSR count). The number of benzene rings is 3. The molecule has 4 heterocycles. The van der Waals surface area contributed by atoms with Gasteiger partial charge in [-0.3, -0.25) is 0 Å². The summed E-state index contributed by atoms with van der Waals surface area (Å²) < 4.78 is 28.6. The molecule has 0 saturated carbocycles. The summed E-state index contributed by atoms with van der Waals surface area (Å²) in [6, 6.07) is 16.5. The molecule has 0 spiro atoms. The second kappa shape index (κ2) is 11.6. The number of rotatable bonds is 6. The molecule has 0 aliphatic carbocycles. The number of aliphatic hydroxyl groups is 3. The van der Waals surface area contributed by atoms with Gasteiger partial charge in [-0.2, -0.15) is 5.10 Å². The zero-order chi connectivity index (χ0) is 32.3. The van der Waals surface area contributed by atoms with Crippen molar-refractivity contribution in [3.8, 4) is 16.8 Å². The Bertz CT molecular complexity index is 1950. The number of hydrogen-bond donors (Lipinski definition) is 5. The smallest absolute Gasteiger partial charge is 0.335 e. The molecular formula is C33H30FN3O9. The van der Waals surface area contributed by atoms with Crippen LogP contribution in [0, 0.1) is 5.82 Å². The van der Waals surface area contributed by atoms with Gasteiger partial charge in [0.1, 0.15) is 24.1 Å². The lowest BCUT2D eigenvalue weighted by molar-refractivity contribution is -0.248. The van der Waals surface area contributed by atoms with Crippen LogP contribution >= 0.6 is 0 Å². The Balaban J connectivity index is 1.47. The highest BCUT2D eigenvalue weighted by atomic mass is 19.1. The van der Waals surface area contributed by atoms with Crippen molar-refractivity contribution in [3.05, 3.63) is 83.9 Å². The summed E-state index contributed by atoms with van der Waals surface area (Å²) in [5.74, 6) is -2.89. The predicted molar refractivity (Wildman–Crippen MR) is 161 cm³/mol. The molecule has 5 N–H and O–H groups in total. The highest BCUT2D eigenvalue weighted by Crippen LogP contribution is 2.45. The Labute approximate surface area is 260 Å². The number of halogens is 1. The van der Waals surface area contributed by atoms with Gasteiger partial charge in [-0.15, -0.1) is 0 Å². The Morgan fingerprint density at radius 1 is 0.891 bits per heavy atom. The summed E-state index contributed by atoms with van der Waals surface area (Å²) in [6.45, 7) is 1.12. The first-order valence-corrected chi connectivity index (χ1v) is 14.8. The molecular weight excluding hydrogens is 601 g/mol. The summed E-state index contributed by atoms with van der Waals surface area (Å²) in [5.41, 5.74) is 4.64. The predicted octanol–water partition coefficient (Wildman–Crippen LogP) is 3.44. The fourth-order valence-electron chi connectivity index (χ4n) is 6.57. The van der Waals surface area contributed by atoms with E-state index >= 15 is 0 Å². The maximum Gasteiger partial charge on any atom is 0.335 e. The van der Waals surface area contributed by atoms with E-state index in [1.807, 2.05) is 12.1 Å². The van der Waals surface area contributed by atoms with Gasteiger partial charge < -0.3 is 39.6 Å². The molecule has 5 aromatic rings. The lowest BCUT2D eigenvalue weighted by atomic mass is 9.89. The summed E-state index contributed by atoms with van der Waals surface area (Å²) in [5, 5.41) is 56.2. The monoisotopic (exact) mass is 631 g/mol. The Morgan fingerprint density at radius 2 is 1.59 bits per heavy atom. The van der Waals surface area contributed by atoms with Gasteiger partial charge >= 0.3 is 11.9 Å². The van der Waals surface area contributed by atoms with Crippen LogP contribution in [-0.4, -0.2) is 89.4 Å². The van der Waals surface area contributed by atoms with Crippen molar-refractivity contribution in [2.75, 3.05) is 13.2 Å². The normalized spacial score (nSPS) is 24.0. The first-order valence-electron chi connectivity index (χ1n) is 14.8. The highest BCUT2D eigenvalue weighted by molar-refractivity contribution is 6.06. The number of carboxylic acids is 2. The fraction of sp³-hybridized carbons (Fsp3) is 0.303. The standard InChI is InChI=1S/C33H30FN3O9/c34-20-5-7-21(8-6-20)37-24-13-19-15-36(31-29(40)27(38)28(39)30(46-31)33(43)44)35-23(19)14-22(24)25(26(37)17-9-11-45-12-10-17)16-1-3-18(4-2-16)32(41)42/h1-8,13-15,17,27-31,38-40H,9-12H2,(H,41,42)(H,43,44)/t27-,28-,29+,30-,31+/m0/s1. The topological polar surface area (TPSA) is 176 Å². The molecule has 13 heteroatoms. The van der Waals surface area contributed by atoms with Crippen LogP contribution < -0.4 is 0 Å². The molecule has 0 amide bonds. The minimum Gasteiger partial charge on any atom is -0.479 e. The zero-order valence-electron chi connectivity index (χ0n) is 24.2. The molecule has 238 valence electrons. The van der Waals surface area contributed by atoms with Gasteiger partial charge in [0.2, 0.25) is 0 Å². The average Bonchev–Trinajstić information content (AvgIpc) is 3.61. The van der Waals surface area contributed by atoms with Crippen LogP contribution in [0.15, 0.2) is 66.9 Å². The molecule has 2 saturated heterocycles. The van der Waals surface area contributed by atoms with E-state index in [1.54, 1.807) is 42.6 Å². The van der Waals surface area contributed by atoms with E-state index in [4.69, 9.17) is 9.47 Å². The van der Waals surface area contributed by atoms with Crippen LogP contribution in [0.3, 0.4) is 0 Å². The second-order valence-corrected chi connectivity index (χ2v) is 11.6. The lowest BCUT2D eigenvalue weighted by Crippen LogP contribution is -2.57. The van der Waals surface area contributed by atoms with Gasteiger partial charge in [-0.25, -0.2) is 18.7 Å². The van der Waals surface area contributed by atoms with Gasteiger partial charge in [-0.05, 0) is 66.9 Å². The third kappa shape index (κ3) is 5.02. The van der Waals surface area contributed by atoms with E-state index in [0.29, 0.717) is 29.8 Å². The first kappa shape index (κ1) is 30.0. The molecule has 2 aliphatic heterocycles. The Morgan fingerprint density at radius 3 is 2.24 bits per heavy atom. The number of aromatic nitrogens is 3. The largest absolute Gasteiger partial charge is 0.479 e. The van der Waals surface area contributed by atoms with Crippen molar-refractivity contribution in [2.45, 2.75) is 49.4 Å². The van der Waals surface area contributed by atoms with E-state index in [9.17, 15) is 39.5 Å². The number of aromatic carboxylic acids is 1. The quantitative estimate of drug-likeness (QED) is 0.187. The number of hydrogen-bond acceptors (Lipinski definition) is 8. The molecule has 0 unspecified atom stereocenters. The molecule has 0 radical (unpaired) electrons. The molecule has 2 fully saturated rings.